The molecule has 0 fully saturated rings. The summed E-state index contributed by atoms with van der Waals surface area (Å²) in [5.41, 5.74) is 3.69. The Morgan fingerprint density at radius 1 is 1.15 bits per heavy atom. The van der Waals surface area contributed by atoms with E-state index in [2.05, 4.69) is 21.4 Å². The fourth-order valence-electron chi connectivity index (χ4n) is 4.11. The topological polar surface area (TPSA) is 58.1 Å². The largest absolute Gasteiger partial charge is 0.360 e. The molecule has 3 heterocycles. The molecule has 0 radical (unpaired) electrons. The van der Waals surface area contributed by atoms with Crippen molar-refractivity contribution in [1.29, 1.82) is 0 Å². The quantitative estimate of drug-likeness (QED) is 0.772. The number of anilines is 2. The molecule has 5 nitrogen and oxygen atoms in total. The Morgan fingerprint density at radius 2 is 2.08 bits per heavy atom. The van der Waals surface area contributed by atoms with Crippen LogP contribution in [-0.2, 0) is 24.1 Å². The predicted molar refractivity (Wildman–Crippen MR) is 105 cm³/mol. The Labute approximate surface area is 156 Å². The lowest BCUT2D eigenvalue weighted by molar-refractivity contribution is -0.117. The maximum Gasteiger partial charge on any atom is 0.246 e. The lowest BCUT2D eigenvalue weighted by Gasteiger charge is -2.29. The zero-order chi connectivity index (χ0) is 17.5. The van der Waals surface area contributed by atoms with Crippen LogP contribution in [0.1, 0.15) is 28.8 Å². The second-order valence-corrected chi connectivity index (χ2v) is 7.97. The molecule has 1 aliphatic carbocycles. The average molecular weight is 364 g/mol. The summed E-state index contributed by atoms with van der Waals surface area (Å²) in [4.78, 5) is 26.1. The molecule has 1 amide bonds. The monoisotopic (exact) mass is 364 g/mol. The fraction of sp³-hybridized carbons (Fsp3) is 0.350. The molecule has 0 bridgehead atoms. The van der Waals surface area contributed by atoms with E-state index < -0.39 is 0 Å². The number of nitrogens with zero attached hydrogens (tertiary/aromatic N) is 3. The van der Waals surface area contributed by atoms with Crippen LogP contribution in [0.4, 0.5) is 11.5 Å². The molecule has 26 heavy (non-hydrogen) atoms. The van der Waals surface area contributed by atoms with Crippen LogP contribution in [-0.4, -0.2) is 29.0 Å². The molecular weight excluding hydrogens is 344 g/mol. The predicted octanol–water partition coefficient (Wildman–Crippen LogP) is 3.57. The first-order valence-corrected chi connectivity index (χ1v) is 10.0. The molecular formula is C20H20N4OS. The van der Waals surface area contributed by atoms with Gasteiger partial charge in [-0.3, -0.25) is 4.79 Å². The minimum absolute atomic E-state index is 0.0933. The summed E-state index contributed by atoms with van der Waals surface area (Å²) in [6, 6.07) is 8.20. The minimum Gasteiger partial charge on any atom is -0.360 e. The van der Waals surface area contributed by atoms with Gasteiger partial charge < -0.3 is 10.2 Å². The number of fused-ring (bicyclic) bond motifs is 4. The van der Waals surface area contributed by atoms with Crippen molar-refractivity contribution in [2.75, 3.05) is 23.3 Å². The summed E-state index contributed by atoms with van der Waals surface area (Å²) in [6.07, 6.45) is 7.08. The van der Waals surface area contributed by atoms with Crippen molar-refractivity contribution in [3.05, 3.63) is 46.6 Å². The Morgan fingerprint density at radius 3 is 3.04 bits per heavy atom. The number of rotatable bonds is 3. The molecule has 2 aromatic heterocycles. The number of amides is 1. The number of hydrogen-bond donors (Lipinski definition) is 1. The summed E-state index contributed by atoms with van der Waals surface area (Å²) in [6.45, 7) is 1.04. The molecule has 1 N–H and O–H groups in total. The Balaban J connectivity index is 1.39. The number of aryl methyl sites for hydroxylation is 3. The van der Waals surface area contributed by atoms with E-state index in [0.717, 1.165) is 53.9 Å². The van der Waals surface area contributed by atoms with Crippen molar-refractivity contribution >= 4 is 39.0 Å². The number of nitrogens with one attached hydrogen (secondary N) is 1. The van der Waals surface area contributed by atoms with Gasteiger partial charge in [-0.15, -0.1) is 11.3 Å². The van der Waals surface area contributed by atoms with Gasteiger partial charge in [0.2, 0.25) is 5.91 Å². The van der Waals surface area contributed by atoms with Crippen molar-refractivity contribution in [3.8, 4) is 0 Å². The highest BCUT2D eigenvalue weighted by atomic mass is 32.1. The minimum atomic E-state index is 0.0933. The van der Waals surface area contributed by atoms with Crippen molar-refractivity contribution in [1.82, 2.24) is 9.97 Å². The van der Waals surface area contributed by atoms with Crippen LogP contribution in [0.5, 0.6) is 0 Å². The first-order valence-electron chi connectivity index (χ1n) is 9.18. The normalized spacial score (nSPS) is 15.8. The van der Waals surface area contributed by atoms with Gasteiger partial charge in [0.1, 0.15) is 17.0 Å². The summed E-state index contributed by atoms with van der Waals surface area (Å²) >= 11 is 1.77. The molecule has 1 aromatic carbocycles. The molecule has 0 atom stereocenters. The van der Waals surface area contributed by atoms with Gasteiger partial charge in [-0.2, -0.15) is 0 Å². The van der Waals surface area contributed by atoms with E-state index in [-0.39, 0.29) is 12.5 Å². The van der Waals surface area contributed by atoms with E-state index in [1.54, 1.807) is 17.7 Å². The molecule has 132 valence electrons. The van der Waals surface area contributed by atoms with Gasteiger partial charge in [0.25, 0.3) is 0 Å². The van der Waals surface area contributed by atoms with Gasteiger partial charge >= 0.3 is 0 Å². The second-order valence-electron chi connectivity index (χ2n) is 6.89. The third-order valence-electron chi connectivity index (χ3n) is 5.32. The second kappa shape index (κ2) is 6.36. The summed E-state index contributed by atoms with van der Waals surface area (Å²) in [5.74, 6) is 0.892. The van der Waals surface area contributed by atoms with Gasteiger partial charge in [-0.05, 0) is 49.3 Å². The van der Waals surface area contributed by atoms with E-state index in [4.69, 9.17) is 0 Å². The van der Waals surface area contributed by atoms with Crippen LogP contribution in [0.15, 0.2) is 30.6 Å². The van der Waals surface area contributed by atoms with Crippen LogP contribution in [0, 0.1) is 0 Å². The van der Waals surface area contributed by atoms with E-state index in [1.165, 1.54) is 22.4 Å². The highest BCUT2D eigenvalue weighted by molar-refractivity contribution is 7.19. The van der Waals surface area contributed by atoms with E-state index in [1.807, 2.05) is 23.1 Å². The SMILES string of the molecule is O=C(CNc1ncnc2sc3c(c12)CCC3)N1CCCc2ccccc21. The summed E-state index contributed by atoms with van der Waals surface area (Å²) < 4.78 is 0. The fourth-order valence-corrected chi connectivity index (χ4v) is 5.34. The van der Waals surface area contributed by atoms with Crippen LogP contribution >= 0.6 is 11.3 Å². The maximum atomic E-state index is 12.9. The zero-order valence-electron chi connectivity index (χ0n) is 14.5. The zero-order valence-corrected chi connectivity index (χ0v) is 15.3. The first kappa shape index (κ1) is 15.8. The number of hydrogen-bond acceptors (Lipinski definition) is 5. The molecule has 5 rings (SSSR count). The Bertz CT molecular complexity index is 997. The molecule has 6 heteroatoms. The number of carbonyl (C=O) groups is 1. The average Bonchev–Trinajstić information content (AvgIpc) is 3.26. The molecule has 1 aliphatic heterocycles. The third kappa shape index (κ3) is 2.56. The lowest BCUT2D eigenvalue weighted by atomic mass is 10.0. The van der Waals surface area contributed by atoms with Gasteiger partial charge in [0.05, 0.1) is 11.9 Å². The van der Waals surface area contributed by atoms with Crippen LogP contribution < -0.4 is 10.2 Å². The van der Waals surface area contributed by atoms with Crippen molar-refractivity contribution in [3.63, 3.8) is 0 Å². The highest BCUT2D eigenvalue weighted by Gasteiger charge is 2.24. The van der Waals surface area contributed by atoms with E-state index in [0.29, 0.717) is 0 Å². The number of aromatic nitrogens is 2. The Hall–Kier alpha value is -2.47. The van der Waals surface area contributed by atoms with Crippen LogP contribution in [0.25, 0.3) is 10.2 Å². The highest BCUT2D eigenvalue weighted by Crippen LogP contribution is 2.39. The van der Waals surface area contributed by atoms with E-state index in [9.17, 15) is 4.79 Å². The summed E-state index contributed by atoms with van der Waals surface area (Å²) in [5, 5.41) is 4.42. The Kier molecular flexibility index (Phi) is 3.85. The van der Waals surface area contributed by atoms with Crippen LogP contribution in [0.2, 0.25) is 0 Å². The molecule has 0 saturated heterocycles. The molecule has 3 aromatic rings. The van der Waals surface area contributed by atoms with Gasteiger partial charge in [0.15, 0.2) is 0 Å². The molecule has 2 aliphatic rings. The van der Waals surface area contributed by atoms with Gasteiger partial charge in [-0.1, -0.05) is 18.2 Å². The van der Waals surface area contributed by atoms with Gasteiger partial charge in [0, 0.05) is 17.1 Å². The number of thiophene rings is 1. The lowest BCUT2D eigenvalue weighted by Crippen LogP contribution is -2.39. The number of carbonyl (C=O) groups excluding carboxylic acids is 1. The van der Waals surface area contributed by atoms with Crippen molar-refractivity contribution < 1.29 is 4.79 Å². The van der Waals surface area contributed by atoms with Gasteiger partial charge in [-0.25, -0.2) is 9.97 Å². The van der Waals surface area contributed by atoms with E-state index >= 15 is 0 Å². The van der Waals surface area contributed by atoms with Crippen LogP contribution in [0.3, 0.4) is 0 Å². The third-order valence-corrected chi connectivity index (χ3v) is 6.52. The van der Waals surface area contributed by atoms with Crippen molar-refractivity contribution in [2.45, 2.75) is 32.1 Å². The number of benzene rings is 1. The molecule has 0 unspecified atom stereocenters. The molecule has 0 spiro atoms. The maximum absolute atomic E-state index is 12.9. The number of para-hydroxylation sites is 1. The summed E-state index contributed by atoms with van der Waals surface area (Å²) in [7, 11) is 0. The van der Waals surface area contributed by atoms with Crippen molar-refractivity contribution in [2.24, 2.45) is 0 Å². The first-order chi connectivity index (χ1) is 12.8. The standard InChI is InChI=1S/C20H20N4OS/c25-17(24-10-4-6-13-5-1-2-8-15(13)24)11-21-19-18-14-7-3-9-16(14)26-20(18)23-12-22-19/h1-2,5,8,12H,3-4,6-7,9-11H2,(H,21,22,23). The smallest absolute Gasteiger partial charge is 0.246 e. The molecule has 0 saturated carbocycles.